The lowest BCUT2D eigenvalue weighted by Gasteiger charge is -2.31. The van der Waals surface area contributed by atoms with E-state index in [1.165, 1.54) is 0 Å². The fourth-order valence-electron chi connectivity index (χ4n) is 2.26. The highest BCUT2D eigenvalue weighted by Gasteiger charge is 2.51. The summed E-state index contributed by atoms with van der Waals surface area (Å²) in [7, 11) is 0. The number of aliphatic hydroxyl groups excluding tert-OH is 1. The van der Waals surface area contributed by atoms with Crippen molar-refractivity contribution in [3.63, 3.8) is 0 Å². The normalized spacial score (nSPS) is 48.0. The van der Waals surface area contributed by atoms with Gasteiger partial charge in [0.2, 0.25) is 0 Å². The molecule has 0 aromatic rings. The molecule has 4 atom stereocenters. The van der Waals surface area contributed by atoms with Crippen molar-refractivity contribution < 1.29 is 14.6 Å². The van der Waals surface area contributed by atoms with Gasteiger partial charge in [0.15, 0.2) is 6.29 Å². The summed E-state index contributed by atoms with van der Waals surface area (Å²) in [5.74, 6) is 0.338. The van der Waals surface area contributed by atoms with Crippen molar-refractivity contribution in [2.75, 3.05) is 0 Å². The van der Waals surface area contributed by atoms with Crippen LogP contribution in [0.5, 0.6) is 0 Å². The number of aliphatic hydroxyl groups is 1. The van der Waals surface area contributed by atoms with E-state index in [-0.39, 0.29) is 11.7 Å². The molecule has 3 nitrogen and oxygen atoms in total. The van der Waals surface area contributed by atoms with E-state index in [1.807, 2.05) is 13.8 Å². The lowest BCUT2D eigenvalue weighted by Crippen LogP contribution is -2.41. The average molecular weight is 186 g/mol. The van der Waals surface area contributed by atoms with E-state index < -0.39 is 12.4 Å². The molecule has 0 saturated carbocycles. The largest absolute Gasteiger partial charge is 0.388 e. The highest BCUT2D eigenvalue weighted by atomic mass is 16.7. The molecule has 2 saturated heterocycles. The fourth-order valence-corrected chi connectivity index (χ4v) is 2.26. The molecule has 0 aromatic heterocycles. The average Bonchev–Trinajstić information content (AvgIpc) is 2.32. The number of hydrogen-bond acceptors (Lipinski definition) is 3. The zero-order valence-corrected chi connectivity index (χ0v) is 8.49. The van der Waals surface area contributed by atoms with Crippen LogP contribution in [0.25, 0.3) is 0 Å². The van der Waals surface area contributed by atoms with Crippen LogP contribution in [0.4, 0.5) is 0 Å². The number of fused-ring (bicyclic) bond motifs is 2. The maximum absolute atomic E-state index is 9.84. The Kier molecular flexibility index (Phi) is 2.13. The summed E-state index contributed by atoms with van der Waals surface area (Å²) in [4.78, 5) is 0. The second kappa shape index (κ2) is 2.94. The van der Waals surface area contributed by atoms with Gasteiger partial charge in [-0.1, -0.05) is 13.3 Å². The van der Waals surface area contributed by atoms with Gasteiger partial charge in [0, 0.05) is 0 Å². The van der Waals surface area contributed by atoms with E-state index in [9.17, 15) is 5.11 Å². The van der Waals surface area contributed by atoms with Crippen LogP contribution in [0, 0.1) is 5.92 Å². The number of ether oxygens (including phenoxy) is 2. The standard InChI is InChI=1S/C10H18O3/c1-4-6-5-7-10(2,3)13-9(12-7)8(6)11/h6-9,11H,4-5H2,1-3H3/t6-,7+,8+,9+/m1/s1. The van der Waals surface area contributed by atoms with E-state index in [1.54, 1.807) is 0 Å². The van der Waals surface area contributed by atoms with E-state index in [0.717, 1.165) is 12.8 Å². The van der Waals surface area contributed by atoms with Crippen molar-refractivity contribution in [3.05, 3.63) is 0 Å². The van der Waals surface area contributed by atoms with Crippen molar-refractivity contribution in [2.24, 2.45) is 5.92 Å². The Morgan fingerprint density at radius 3 is 2.77 bits per heavy atom. The molecule has 2 bridgehead atoms. The highest BCUT2D eigenvalue weighted by molar-refractivity contribution is 4.95. The third-order valence-electron chi connectivity index (χ3n) is 3.30. The van der Waals surface area contributed by atoms with E-state index in [4.69, 9.17) is 9.47 Å². The van der Waals surface area contributed by atoms with Crippen molar-refractivity contribution in [3.8, 4) is 0 Å². The SMILES string of the molecule is CC[C@@H]1C[C@@H]2O[C@@H](OC2(C)C)[C@H]1O. The Morgan fingerprint density at radius 2 is 2.15 bits per heavy atom. The van der Waals surface area contributed by atoms with Gasteiger partial charge in [-0.2, -0.15) is 0 Å². The van der Waals surface area contributed by atoms with Gasteiger partial charge >= 0.3 is 0 Å². The first kappa shape index (κ1) is 9.44. The van der Waals surface area contributed by atoms with Crippen molar-refractivity contribution in [2.45, 2.75) is 57.7 Å². The molecule has 0 spiro atoms. The van der Waals surface area contributed by atoms with Crippen LogP contribution in [0.2, 0.25) is 0 Å². The molecule has 76 valence electrons. The van der Waals surface area contributed by atoms with Crippen molar-refractivity contribution >= 4 is 0 Å². The third-order valence-corrected chi connectivity index (χ3v) is 3.30. The van der Waals surface area contributed by atoms with Gasteiger partial charge in [-0.3, -0.25) is 0 Å². The predicted octanol–water partition coefficient (Wildman–Crippen LogP) is 1.30. The topological polar surface area (TPSA) is 38.7 Å². The van der Waals surface area contributed by atoms with Crippen LogP contribution in [0.1, 0.15) is 33.6 Å². The van der Waals surface area contributed by atoms with Crippen LogP contribution >= 0.6 is 0 Å². The Hall–Kier alpha value is -0.120. The Labute approximate surface area is 79.0 Å². The minimum atomic E-state index is -0.442. The maximum Gasteiger partial charge on any atom is 0.184 e. The predicted molar refractivity (Wildman–Crippen MR) is 48.2 cm³/mol. The second-order valence-corrected chi connectivity index (χ2v) is 4.61. The van der Waals surface area contributed by atoms with Gasteiger partial charge in [0.05, 0.1) is 11.7 Å². The zero-order valence-electron chi connectivity index (χ0n) is 8.49. The van der Waals surface area contributed by atoms with Gasteiger partial charge in [-0.05, 0) is 26.2 Å². The van der Waals surface area contributed by atoms with Gasteiger partial charge < -0.3 is 14.6 Å². The van der Waals surface area contributed by atoms with Gasteiger partial charge in [-0.15, -0.1) is 0 Å². The first-order chi connectivity index (χ1) is 6.04. The van der Waals surface area contributed by atoms with Crippen LogP contribution in [0.15, 0.2) is 0 Å². The highest BCUT2D eigenvalue weighted by Crippen LogP contribution is 2.41. The molecule has 3 heteroatoms. The summed E-state index contributed by atoms with van der Waals surface area (Å²) in [5, 5.41) is 9.84. The zero-order chi connectivity index (χ0) is 9.64. The second-order valence-electron chi connectivity index (χ2n) is 4.61. The maximum atomic E-state index is 9.84. The lowest BCUT2D eigenvalue weighted by atomic mass is 9.86. The molecule has 13 heavy (non-hydrogen) atoms. The summed E-state index contributed by atoms with van der Waals surface area (Å²) >= 11 is 0. The molecule has 0 aromatic carbocycles. The molecule has 2 heterocycles. The molecule has 2 fully saturated rings. The Bertz CT molecular complexity index is 202. The molecule has 0 amide bonds. The van der Waals surface area contributed by atoms with Crippen LogP contribution in [0.3, 0.4) is 0 Å². The van der Waals surface area contributed by atoms with Gasteiger partial charge in [-0.25, -0.2) is 0 Å². The Balaban J connectivity index is 2.16. The molecule has 2 rings (SSSR count). The number of hydrogen-bond donors (Lipinski definition) is 1. The third kappa shape index (κ3) is 1.39. The molecule has 0 unspecified atom stereocenters. The van der Waals surface area contributed by atoms with Crippen molar-refractivity contribution in [1.82, 2.24) is 0 Å². The first-order valence-electron chi connectivity index (χ1n) is 5.06. The lowest BCUT2D eigenvalue weighted by molar-refractivity contribution is -0.180. The molecule has 0 aliphatic carbocycles. The molecule has 2 aliphatic rings. The van der Waals surface area contributed by atoms with Crippen molar-refractivity contribution in [1.29, 1.82) is 0 Å². The summed E-state index contributed by atoms with van der Waals surface area (Å²) in [5.41, 5.74) is -0.227. The van der Waals surface area contributed by atoms with E-state index >= 15 is 0 Å². The first-order valence-corrected chi connectivity index (χ1v) is 5.06. The van der Waals surface area contributed by atoms with Crippen LogP contribution < -0.4 is 0 Å². The van der Waals surface area contributed by atoms with Crippen LogP contribution in [-0.4, -0.2) is 29.2 Å². The molecule has 0 radical (unpaired) electrons. The minimum Gasteiger partial charge on any atom is -0.388 e. The number of rotatable bonds is 1. The summed E-state index contributed by atoms with van der Waals surface area (Å²) in [6.45, 7) is 6.16. The molecular formula is C10H18O3. The fraction of sp³-hybridized carbons (Fsp3) is 1.00. The van der Waals surface area contributed by atoms with E-state index in [2.05, 4.69) is 6.92 Å². The Morgan fingerprint density at radius 1 is 1.46 bits per heavy atom. The van der Waals surface area contributed by atoms with Crippen LogP contribution in [-0.2, 0) is 9.47 Å². The quantitative estimate of drug-likeness (QED) is 0.670. The minimum absolute atomic E-state index is 0.158. The smallest absolute Gasteiger partial charge is 0.184 e. The molecular weight excluding hydrogens is 168 g/mol. The van der Waals surface area contributed by atoms with Gasteiger partial charge in [0.1, 0.15) is 6.10 Å². The molecule has 2 aliphatic heterocycles. The summed E-state index contributed by atoms with van der Waals surface area (Å²) in [6.07, 6.45) is 1.24. The van der Waals surface area contributed by atoms with E-state index in [0.29, 0.717) is 5.92 Å². The summed E-state index contributed by atoms with van der Waals surface area (Å²) < 4.78 is 11.2. The summed E-state index contributed by atoms with van der Waals surface area (Å²) in [6, 6.07) is 0. The monoisotopic (exact) mass is 186 g/mol. The van der Waals surface area contributed by atoms with Gasteiger partial charge in [0.25, 0.3) is 0 Å². The molecule has 1 N–H and O–H groups in total.